The van der Waals surface area contributed by atoms with Crippen LogP contribution in [0, 0.1) is 5.82 Å². The lowest BCUT2D eigenvalue weighted by atomic mass is 10.2. The number of carbonyl (C=O) groups is 1. The molecule has 0 unspecified atom stereocenters. The summed E-state index contributed by atoms with van der Waals surface area (Å²) in [6, 6.07) is 5.24. The topological polar surface area (TPSA) is 80.9 Å². The van der Waals surface area contributed by atoms with E-state index in [1.165, 1.54) is 35.6 Å². The summed E-state index contributed by atoms with van der Waals surface area (Å²) in [5, 5.41) is 11.1. The van der Waals surface area contributed by atoms with E-state index in [2.05, 4.69) is 15.5 Å². The molecule has 0 aliphatic rings. The summed E-state index contributed by atoms with van der Waals surface area (Å²) >= 11 is 1.21. The van der Waals surface area contributed by atoms with Gasteiger partial charge in [-0.3, -0.25) is 10.1 Å². The van der Waals surface area contributed by atoms with Gasteiger partial charge in [0.2, 0.25) is 5.13 Å². The zero-order valence-corrected chi connectivity index (χ0v) is 9.50. The van der Waals surface area contributed by atoms with Gasteiger partial charge < -0.3 is 5.73 Å². The van der Waals surface area contributed by atoms with E-state index in [1.54, 1.807) is 0 Å². The van der Waals surface area contributed by atoms with E-state index in [9.17, 15) is 9.18 Å². The van der Waals surface area contributed by atoms with Gasteiger partial charge in [-0.15, -0.1) is 10.2 Å². The van der Waals surface area contributed by atoms with Crippen molar-refractivity contribution < 1.29 is 9.18 Å². The molecule has 3 N–H and O–H groups in total. The molecule has 0 aliphatic heterocycles. The van der Waals surface area contributed by atoms with Crippen molar-refractivity contribution in [1.82, 2.24) is 10.2 Å². The number of rotatable bonds is 3. The van der Waals surface area contributed by atoms with Crippen LogP contribution in [0.4, 0.5) is 9.52 Å². The molecule has 88 valence electrons. The fraction of sp³-hybridized carbons (Fsp3) is 0.100. The molecule has 1 heterocycles. The minimum atomic E-state index is -0.386. The summed E-state index contributed by atoms with van der Waals surface area (Å²) in [6.07, 6.45) is 0. The average molecular weight is 252 g/mol. The van der Waals surface area contributed by atoms with Crippen molar-refractivity contribution in [3.63, 3.8) is 0 Å². The summed E-state index contributed by atoms with van der Waals surface area (Å²) in [5.41, 5.74) is 5.73. The molecule has 2 aromatic rings. The summed E-state index contributed by atoms with van der Waals surface area (Å²) in [7, 11) is 0. The first kappa shape index (κ1) is 11.6. The minimum Gasteiger partial charge on any atom is -0.324 e. The monoisotopic (exact) mass is 252 g/mol. The van der Waals surface area contributed by atoms with Gasteiger partial charge in [-0.1, -0.05) is 11.3 Å². The average Bonchev–Trinajstić information content (AvgIpc) is 2.77. The molecule has 0 atom stereocenters. The Labute approximate surface area is 100 Å². The van der Waals surface area contributed by atoms with Crippen molar-refractivity contribution in [2.75, 3.05) is 5.32 Å². The van der Waals surface area contributed by atoms with Crippen molar-refractivity contribution in [2.45, 2.75) is 6.54 Å². The predicted molar refractivity (Wildman–Crippen MR) is 62.2 cm³/mol. The Balaban J connectivity index is 2.08. The van der Waals surface area contributed by atoms with Crippen molar-refractivity contribution in [3.8, 4) is 0 Å². The van der Waals surface area contributed by atoms with E-state index in [1.807, 2.05) is 0 Å². The third kappa shape index (κ3) is 2.83. The quantitative estimate of drug-likeness (QED) is 0.865. The van der Waals surface area contributed by atoms with E-state index in [-0.39, 0.29) is 18.3 Å². The number of aromatic nitrogens is 2. The highest BCUT2D eigenvalue weighted by atomic mass is 32.1. The molecule has 17 heavy (non-hydrogen) atoms. The first-order valence-corrected chi connectivity index (χ1v) is 5.60. The molecule has 2 rings (SSSR count). The molecule has 0 radical (unpaired) electrons. The number of benzene rings is 1. The van der Waals surface area contributed by atoms with Crippen LogP contribution in [-0.4, -0.2) is 16.1 Å². The van der Waals surface area contributed by atoms with Crippen LogP contribution in [0.3, 0.4) is 0 Å². The van der Waals surface area contributed by atoms with E-state index >= 15 is 0 Å². The maximum atomic E-state index is 12.7. The SMILES string of the molecule is NCc1nnc(NC(=O)c2ccc(F)cc2)s1. The molecule has 0 aliphatic carbocycles. The molecule has 5 nitrogen and oxygen atoms in total. The molecular weight excluding hydrogens is 243 g/mol. The zero-order valence-electron chi connectivity index (χ0n) is 8.68. The fourth-order valence-corrected chi connectivity index (χ4v) is 1.77. The Morgan fingerprint density at radius 3 is 2.65 bits per heavy atom. The normalized spacial score (nSPS) is 10.2. The highest BCUT2D eigenvalue weighted by molar-refractivity contribution is 7.15. The van der Waals surface area contributed by atoms with Crippen LogP contribution in [0.15, 0.2) is 24.3 Å². The number of carbonyl (C=O) groups excluding carboxylic acids is 1. The van der Waals surface area contributed by atoms with E-state index < -0.39 is 0 Å². The zero-order chi connectivity index (χ0) is 12.3. The lowest BCUT2D eigenvalue weighted by Crippen LogP contribution is -2.11. The number of amides is 1. The number of anilines is 1. The van der Waals surface area contributed by atoms with Crippen LogP contribution in [0.1, 0.15) is 15.4 Å². The summed E-state index contributed by atoms with van der Waals surface area (Å²) < 4.78 is 12.7. The lowest BCUT2D eigenvalue weighted by molar-refractivity contribution is 0.102. The van der Waals surface area contributed by atoms with Crippen LogP contribution in [-0.2, 0) is 6.54 Å². The minimum absolute atomic E-state index is 0.282. The van der Waals surface area contributed by atoms with Crippen molar-refractivity contribution in [3.05, 3.63) is 40.7 Å². The summed E-state index contributed by atoms with van der Waals surface area (Å²) in [6.45, 7) is 0.282. The largest absolute Gasteiger partial charge is 0.324 e. The molecule has 1 aromatic carbocycles. The van der Waals surface area contributed by atoms with Gasteiger partial charge in [-0.25, -0.2) is 4.39 Å². The fourth-order valence-electron chi connectivity index (χ4n) is 1.16. The van der Waals surface area contributed by atoms with Crippen LogP contribution in [0.2, 0.25) is 0 Å². The van der Waals surface area contributed by atoms with Gasteiger partial charge in [0.05, 0.1) is 0 Å². The van der Waals surface area contributed by atoms with Crippen molar-refractivity contribution in [1.29, 1.82) is 0 Å². The molecule has 0 spiro atoms. The van der Waals surface area contributed by atoms with Gasteiger partial charge in [0.25, 0.3) is 5.91 Å². The highest BCUT2D eigenvalue weighted by Gasteiger charge is 2.09. The number of nitrogens with zero attached hydrogens (tertiary/aromatic N) is 2. The Morgan fingerprint density at radius 1 is 1.35 bits per heavy atom. The van der Waals surface area contributed by atoms with E-state index in [0.29, 0.717) is 15.7 Å². The smallest absolute Gasteiger partial charge is 0.257 e. The van der Waals surface area contributed by atoms with Gasteiger partial charge in [-0.05, 0) is 24.3 Å². The molecule has 0 bridgehead atoms. The number of nitrogens with two attached hydrogens (primary N) is 1. The molecule has 0 saturated heterocycles. The van der Waals surface area contributed by atoms with Gasteiger partial charge in [0.1, 0.15) is 10.8 Å². The second-order valence-corrected chi connectivity index (χ2v) is 4.23. The second kappa shape index (κ2) is 4.98. The van der Waals surface area contributed by atoms with Gasteiger partial charge >= 0.3 is 0 Å². The van der Waals surface area contributed by atoms with Crippen LogP contribution in [0.25, 0.3) is 0 Å². The Kier molecular flexibility index (Phi) is 3.40. The van der Waals surface area contributed by atoms with Crippen molar-refractivity contribution >= 4 is 22.4 Å². The number of hydrogen-bond donors (Lipinski definition) is 2. The maximum absolute atomic E-state index is 12.7. The van der Waals surface area contributed by atoms with Crippen LogP contribution >= 0.6 is 11.3 Å². The highest BCUT2D eigenvalue weighted by Crippen LogP contribution is 2.15. The van der Waals surface area contributed by atoms with Crippen LogP contribution < -0.4 is 11.1 Å². The van der Waals surface area contributed by atoms with Crippen molar-refractivity contribution in [2.24, 2.45) is 5.73 Å². The number of hydrogen-bond acceptors (Lipinski definition) is 5. The predicted octanol–water partition coefficient (Wildman–Crippen LogP) is 1.39. The number of halogens is 1. The first-order chi connectivity index (χ1) is 8.19. The molecule has 0 saturated carbocycles. The van der Waals surface area contributed by atoms with Gasteiger partial charge in [-0.2, -0.15) is 0 Å². The van der Waals surface area contributed by atoms with Crippen LogP contribution in [0.5, 0.6) is 0 Å². The summed E-state index contributed by atoms with van der Waals surface area (Å²) in [4.78, 5) is 11.7. The Bertz CT molecular complexity index is 525. The molecular formula is C10H9FN4OS. The molecule has 1 amide bonds. The van der Waals surface area contributed by atoms with E-state index in [0.717, 1.165) is 0 Å². The maximum Gasteiger partial charge on any atom is 0.257 e. The molecule has 0 fully saturated rings. The molecule has 1 aromatic heterocycles. The van der Waals surface area contributed by atoms with Gasteiger partial charge in [0.15, 0.2) is 0 Å². The third-order valence-electron chi connectivity index (χ3n) is 1.97. The second-order valence-electron chi connectivity index (χ2n) is 3.17. The standard InChI is InChI=1S/C10H9FN4OS/c11-7-3-1-6(2-4-7)9(16)13-10-15-14-8(5-12)17-10/h1-4H,5,12H2,(H,13,15,16). The van der Waals surface area contributed by atoms with Gasteiger partial charge in [0, 0.05) is 12.1 Å². The Hall–Kier alpha value is -1.86. The lowest BCUT2D eigenvalue weighted by Gasteiger charge is -2.00. The summed E-state index contributed by atoms with van der Waals surface area (Å²) in [5.74, 6) is -0.743. The first-order valence-electron chi connectivity index (χ1n) is 4.78. The van der Waals surface area contributed by atoms with E-state index in [4.69, 9.17) is 5.73 Å². The number of nitrogens with one attached hydrogen (secondary N) is 1. The Morgan fingerprint density at radius 2 is 2.06 bits per heavy atom. The molecule has 7 heteroatoms. The third-order valence-corrected chi connectivity index (χ3v) is 2.83.